The molecule has 0 spiro atoms. The Morgan fingerprint density at radius 3 is 2.33 bits per heavy atom. The molecule has 0 amide bonds. The molecular formula is C14H15F2N3O2. The van der Waals surface area contributed by atoms with Gasteiger partial charge < -0.3 is 10.4 Å². The van der Waals surface area contributed by atoms with E-state index in [-0.39, 0.29) is 12.2 Å². The Morgan fingerprint density at radius 1 is 1.33 bits per heavy atom. The normalized spacial score (nSPS) is 10.7. The van der Waals surface area contributed by atoms with Crippen LogP contribution in [-0.2, 0) is 13.6 Å². The lowest BCUT2D eigenvalue weighted by atomic mass is 10.1. The van der Waals surface area contributed by atoms with Crippen LogP contribution in [0.3, 0.4) is 0 Å². The lowest BCUT2D eigenvalue weighted by Crippen LogP contribution is -2.08. The zero-order valence-corrected chi connectivity index (χ0v) is 11.9. The lowest BCUT2D eigenvalue weighted by Gasteiger charge is -2.10. The summed E-state index contributed by atoms with van der Waals surface area (Å²) in [5.74, 6) is -3.25. The van der Waals surface area contributed by atoms with Crippen molar-refractivity contribution in [1.82, 2.24) is 9.78 Å². The van der Waals surface area contributed by atoms with E-state index in [1.165, 1.54) is 0 Å². The maximum Gasteiger partial charge on any atom is 0.335 e. The van der Waals surface area contributed by atoms with E-state index in [1.807, 2.05) is 13.8 Å². The van der Waals surface area contributed by atoms with Gasteiger partial charge in [-0.25, -0.2) is 13.6 Å². The summed E-state index contributed by atoms with van der Waals surface area (Å²) >= 11 is 0. The van der Waals surface area contributed by atoms with Gasteiger partial charge >= 0.3 is 5.97 Å². The Labute approximate surface area is 120 Å². The predicted octanol–water partition coefficient (Wildman–Crippen LogP) is 2.63. The summed E-state index contributed by atoms with van der Waals surface area (Å²) in [6.45, 7) is 3.87. The summed E-state index contributed by atoms with van der Waals surface area (Å²) in [6.07, 6.45) is 0. The monoisotopic (exact) mass is 295 g/mol. The summed E-state index contributed by atoms with van der Waals surface area (Å²) in [4.78, 5) is 10.7. The second-order valence-corrected chi connectivity index (χ2v) is 4.75. The number of carboxylic acids is 1. The van der Waals surface area contributed by atoms with Crippen LogP contribution in [0.2, 0.25) is 0 Å². The first-order valence-electron chi connectivity index (χ1n) is 6.26. The van der Waals surface area contributed by atoms with Crippen molar-refractivity contribution in [2.75, 3.05) is 5.32 Å². The predicted molar refractivity (Wildman–Crippen MR) is 73.3 cm³/mol. The van der Waals surface area contributed by atoms with Crippen molar-refractivity contribution < 1.29 is 18.7 Å². The van der Waals surface area contributed by atoms with Crippen molar-refractivity contribution in [3.8, 4) is 0 Å². The minimum atomic E-state index is -1.38. The smallest absolute Gasteiger partial charge is 0.335 e. The summed E-state index contributed by atoms with van der Waals surface area (Å²) in [5.41, 5.74) is 1.74. The number of halogens is 2. The van der Waals surface area contributed by atoms with Crippen molar-refractivity contribution in [3.05, 3.63) is 46.3 Å². The maximum absolute atomic E-state index is 13.8. The fourth-order valence-corrected chi connectivity index (χ4v) is 2.12. The molecule has 0 radical (unpaired) electrons. The minimum absolute atomic E-state index is 0.200. The largest absolute Gasteiger partial charge is 0.478 e. The standard InChI is InChI=1S/C14H15F2N3O2/c1-7-10(8(2)19(3)18-7)6-17-13-11(15)4-9(14(20)21)5-12(13)16/h4-5,17H,6H2,1-3H3,(H,20,21). The van der Waals surface area contributed by atoms with Crippen molar-refractivity contribution in [2.45, 2.75) is 20.4 Å². The number of rotatable bonds is 4. The first-order valence-corrected chi connectivity index (χ1v) is 6.26. The van der Waals surface area contributed by atoms with Crippen molar-refractivity contribution in [1.29, 1.82) is 0 Å². The Bertz CT molecular complexity index is 687. The van der Waals surface area contributed by atoms with Crippen LogP contribution < -0.4 is 5.32 Å². The van der Waals surface area contributed by atoms with E-state index in [2.05, 4.69) is 10.4 Å². The van der Waals surface area contributed by atoms with E-state index >= 15 is 0 Å². The van der Waals surface area contributed by atoms with Crippen LogP contribution in [-0.4, -0.2) is 20.9 Å². The molecule has 2 rings (SSSR count). The molecule has 0 bridgehead atoms. The summed E-state index contributed by atoms with van der Waals surface area (Å²) < 4.78 is 29.3. The zero-order valence-electron chi connectivity index (χ0n) is 11.9. The van der Waals surface area contributed by atoms with Gasteiger partial charge in [-0.3, -0.25) is 4.68 Å². The van der Waals surface area contributed by atoms with Crippen molar-refractivity contribution in [3.63, 3.8) is 0 Å². The average molecular weight is 295 g/mol. The highest BCUT2D eigenvalue weighted by molar-refractivity contribution is 5.88. The molecule has 1 aromatic carbocycles. The van der Waals surface area contributed by atoms with Crippen molar-refractivity contribution in [2.24, 2.45) is 7.05 Å². The van der Waals surface area contributed by atoms with Gasteiger partial charge in [-0.1, -0.05) is 0 Å². The van der Waals surface area contributed by atoms with Crippen LogP contribution in [0.4, 0.5) is 14.5 Å². The highest BCUT2D eigenvalue weighted by Gasteiger charge is 2.16. The molecule has 0 aliphatic carbocycles. The minimum Gasteiger partial charge on any atom is -0.478 e. The summed E-state index contributed by atoms with van der Waals surface area (Å²) in [7, 11) is 1.79. The third-order valence-electron chi connectivity index (χ3n) is 3.39. The molecule has 5 nitrogen and oxygen atoms in total. The number of nitrogens with one attached hydrogen (secondary N) is 1. The molecule has 0 aliphatic rings. The number of anilines is 1. The molecule has 2 aromatic rings. The van der Waals surface area contributed by atoms with Gasteiger partial charge in [-0.2, -0.15) is 5.10 Å². The highest BCUT2D eigenvalue weighted by Crippen LogP contribution is 2.22. The number of hydrogen-bond donors (Lipinski definition) is 2. The zero-order chi connectivity index (χ0) is 15.7. The highest BCUT2D eigenvalue weighted by atomic mass is 19.1. The van der Waals surface area contributed by atoms with E-state index in [9.17, 15) is 13.6 Å². The fraction of sp³-hybridized carbons (Fsp3) is 0.286. The SMILES string of the molecule is Cc1nn(C)c(C)c1CNc1c(F)cc(C(=O)O)cc1F. The van der Waals surface area contributed by atoms with Gasteiger partial charge in [0.15, 0.2) is 0 Å². The number of aromatic carboxylic acids is 1. The third kappa shape index (κ3) is 2.86. The van der Waals surface area contributed by atoms with Crippen LogP contribution in [0.25, 0.3) is 0 Å². The fourth-order valence-electron chi connectivity index (χ4n) is 2.12. The van der Waals surface area contributed by atoms with Gasteiger partial charge in [0.25, 0.3) is 0 Å². The van der Waals surface area contributed by atoms with E-state index in [0.29, 0.717) is 0 Å². The van der Waals surface area contributed by atoms with E-state index < -0.39 is 23.2 Å². The molecule has 112 valence electrons. The van der Waals surface area contributed by atoms with Gasteiger partial charge in [0.1, 0.15) is 17.3 Å². The van der Waals surface area contributed by atoms with Crippen LogP contribution in [0.1, 0.15) is 27.3 Å². The van der Waals surface area contributed by atoms with Gasteiger partial charge in [-0.05, 0) is 26.0 Å². The number of aromatic nitrogens is 2. The Kier molecular flexibility index (Phi) is 3.93. The molecule has 0 atom stereocenters. The van der Waals surface area contributed by atoms with E-state index in [4.69, 9.17) is 5.11 Å². The molecule has 0 unspecified atom stereocenters. The van der Waals surface area contributed by atoms with Crippen LogP contribution in [0.15, 0.2) is 12.1 Å². The number of carboxylic acid groups (broad SMARTS) is 1. The molecule has 0 aliphatic heterocycles. The molecule has 2 N–H and O–H groups in total. The first kappa shape index (κ1) is 15.0. The van der Waals surface area contributed by atoms with Crippen LogP contribution in [0, 0.1) is 25.5 Å². The number of benzene rings is 1. The molecule has 1 heterocycles. The van der Waals surface area contributed by atoms with E-state index in [1.54, 1.807) is 11.7 Å². The number of aryl methyl sites for hydroxylation is 2. The van der Waals surface area contributed by atoms with Crippen LogP contribution >= 0.6 is 0 Å². The van der Waals surface area contributed by atoms with Gasteiger partial charge in [0.2, 0.25) is 0 Å². The summed E-state index contributed by atoms with van der Waals surface area (Å²) in [6, 6.07) is 1.58. The van der Waals surface area contributed by atoms with Crippen molar-refractivity contribution >= 4 is 11.7 Å². The van der Waals surface area contributed by atoms with Gasteiger partial charge in [-0.15, -0.1) is 0 Å². The van der Waals surface area contributed by atoms with Gasteiger partial charge in [0.05, 0.1) is 11.3 Å². The molecule has 0 fully saturated rings. The van der Waals surface area contributed by atoms with E-state index in [0.717, 1.165) is 29.1 Å². The first-order chi connectivity index (χ1) is 9.81. The average Bonchev–Trinajstić information content (AvgIpc) is 2.63. The third-order valence-corrected chi connectivity index (χ3v) is 3.39. The number of nitrogens with zero attached hydrogens (tertiary/aromatic N) is 2. The topological polar surface area (TPSA) is 67.2 Å². The van der Waals surface area contributed by atoms with Crippen LogP contribution in [0.5, 0.6) is 0 Å². The second kappa shape index (κ2) is 5.51. The molecule has 0 saturated heterocycles. The molecule has 0 saturated carbocycles. The molecular weight excluding hydrogens is 280 g/mol. The summed E-state index contributed by atoms with van der Waals surface area (Å²) in [5, 5.41) is 15.6. The number of carbonyl (C=O) groups is 1. The number of hydrogen-bond acceptors (Lipinski definition) is 3. The quantitative estimate of drug-likeness (QED) is 0.910. The molecule has 7 heteroatoms. The molecule has 21 heavy (non-hydrogen) atoms. The lowest BCUT2D eigenvalue weighted by molar-refractivity contribution is 0.0696. The molecule has 1 aromatic heterocycles. The Morgan fingerprint density at radius 2 is 1.90 bits per heavy atom. The Hall–Kier alpha value is -2.44. The maximum atomic E-state index is 13.8. The Balaban J connectivity index is 2.26. The second-order valence-electron chi connectivity index (χ2n) is 4.75. The van der Waals surface area contributed by atoms with Gasteiger partial charge in [0, 0.05) is 24.8 Å².